The summed E-state index contributed by atoms with van der Waals surface area (Å²) in [5.41, 5.74) is 2.03. The van der Waals surface area contributed by atoms with Crippen LogP contribution in [0, 0.1) is 0 Å². The normalized spacial score (nSPS) is 25.8. The van der Waals surface area contributed by atoms with Crippen LogP contribution in [0.3, 0.4) is 0 Å². The Hall–Kier alpha value is -1.75. The monoisotopic (exact) mass is 289 g/mol. The minimum absolute atomic E-state index is 0.00994. The second kappa shape index (κ2) is 6.35. The van der Waals surface area contributed by atoms with Crippen molar-refractivity contribution in [2.45, 2.75) is 37.8 Å². The van der Waals surface area contributed by atoms with Gasteiger partial charge < -0.3 is 15.4 Å². The Kier molecular flexibility index (Phi) is 4.29. The smallest absolute Gasteiger partial charge is 0.321 e. The second-order valence-electron chi connectivity index (χ2n) is 5.80. The molecule has 2 amide bonds. The van der Waals surface area contributed by atoms with Crippen LogP contribution in [0.4, 0.5) is 16.2 Å². The van der Waals surface area contributed by atoms with E-state index in [1.54, 1.807) is 12.0 Å². The first-order valence-electron chi connectivity index (χ1n) is 7.71. The fourth-order valence-electron chi connectivity index (χ4n) is 3.21. The zero-order chi connectivity index (χ0) is 14.7. The van der Waals surface area contributed by atoms with Gasteiger partial charge in [-0.1, -0.05) is 6.07 Å². The van der Waals surface area contributed by atoms with E-state index in [2.05, 4.69) is 22.8 Å². The molecule has 2 unspecified atom stereocenters. The summed E-state index contributed by atoms with van der Waals surface area (Å²) in [5, 5.41) is 6.42. The minimum atomic E-state index is -0.00994. The number of nitrogens with zero attached hydrogens (tertiary/aromatic N) is 1. The molecule has 2 aliphatic rings. The largest absolute Gasteiger partial charge is 0.382 e. The predicted octanol–water partition coefficient (Wildman–Crippen LogP) is 2.59. The van der Waals surface area contributed by atoms with Crippen molar-refractivity contribution in [3.63, 3.8) is 0 Å². The first kappa shape index (κ1) is 14.2. The maximum absolute atomic E-state index is 11.7. The minimum Gasteiger partial charge on any atom is -0.382 e. The number of carbonyl (C=O) groups is 1. The summed E-state index contributed by atoms with van der Waals surface area (Å²) >= 11 is 0. The Morgan fingerprint density at radius 2 is 2.29 bits per heavy atom. The average Bonchev–Trinajstić information content (AvgIpc) is 2.94. The Morgan fingerprint density at radius 3 is 3.05 bits per heavy atom. The van der Waals surface area contributed by atoms with Gasteiger partial charge in [-0.25, -0.2) is 4.79 Å². The SMILES string of the molecule is COC1CCCC(Nc2cccc(N3CCNC3=O)c2)C1. The molecule has 1 saturated carbocycles. The van der Waals surface area contributed by atoms with Gasteiger partial charge in [-0.3, -0.25) is 4.90 Å². The molecule has 1 aromatic rings. The van der Waals surface area contributed by atoms with Gasteiger partial charge in [0.25, 0.3) is 0 Å². The topological polar surface area (TPSA) is 53.6 Å². The van der Waals surface area contributed by atoms with Crippen LogP contribution in [0.15, 0.2) is 24.3 Å². The number of anilines is 2. The van der Waals surface area contributed by atoms with Crippen molar-refractivity contribution in [3.8, 4) is 0 Å². The van der Waals surface area contributed by atoms with Gasteiger partial charge in [-0.15, -0.1) is 0 Å². The third kappa shape index (κ3) is 3.29. The zero-order valence-corrected chi connectivity index (χ0v) is 12.5. The van der Waals surface area contributed by atoms with E-state index in [1.165, 1.54) is 12.8 Å². The van der Waals surface area contributed by atoms with Crippen LogP contribution in [0.25, 0.3) is 0 Å². The van der Waals surface area contributed by atoms with E-state index in [9.17, 15) is 4.79 Å². The van der Waals surface area contributed by atoms with Crippen LogP contribution in [0.5, 0.6) is 0 Å². The molecule has 3 rings (SSSR count). The number of ether oxygens (including phenoxy) is 1. The summed E-state index contributed by atoms with van der Waals surface area (Å²) in [5.74, 6) is 0. The second-order valence-corrected chi connectivity index (χ2v) is 5.80. The van der Waals surface area contributed by atoms with Gasteiger partial charge in [-0.2, -0.15) is 0 Å². The van der Waals surface area contributed by atoms with Gasteiger partial charge >= 0.3 is 6.03 Å². The number of carbonyl (C=O) groups excluding carboxylic acids is 1. The Morgan fingerprint density at radius 1 is 1.38 bits per heavy atom. The molecule has 1 aliphatic carbocycles. The van der Waals surface area contributed by atoms with Crippen LogP contribution in [-0.2, 0) is 4.74 Å². The highest BCUT2D eigenvalue weighted by molar-refractivity contribution is 5.94. The molecule has 2 fully saturated rings. The van der Waals surface area contributed by atoms with Gasteiger partial charge in [0.05, 0.1) is 6.10 Å². The first-order chi connectivity index (χ1) is 10.3. The van der Waals surface area contributed by atoms with E-state index >= 15 is 0 Å². The number of hydrogen-bond donors (Lipinski definition) is 2. The van der Waals surface area contributed by atoms with E-state index in [0.29, 0.717) is 18.7 Å². The Labute approximate surface area is 125 Å². The van der Waals surface area contributed by atoms with Crippen LogP contribution in [0.2, 0.25) is 0 Å². The quantitative estimate of drug-likeness (QED) is 0.896. The molecule has 114 valence electrons. The van der Waals surface area contributed by atoms with E-state index in [-0.39, 0.29) is 6.03 Å². The molecule has 0 radical (unpaired) electrons. The van der Waals surface area contributed by atoms with Gasteiger partial charge in [0, 0.05) is 37.6 Å². The van der Waals surface area contributed by atoms with Crippen molar-refractivity contribution < 1.29 is 9.53 Å². The van der Waals surface area contributed by atoms with Crippen LogP contribution < -0.4 is 15.5 Å². The number of urea groups is 1. The highest BCUT2D eigenvalue weighted by atomic mass is 16.5. The van der Waals surface area contributed by atoms with Crippen molar-refractivity contribution in [1.82, 2.24) is 5.32 Å². The van der Waals surface area contributed by atoms with Gasteiger partial charge in [-0.05, 0) is 43.9 Å². The summed E-state index contributed by atoms with van der Waals surface area (Å²) in [4.78, 5) is 13.5. The summed E-state index contributed by atoms with van der Waals surface area (Å²) in [6.07, 6.45) is 4.94. The highest BCUT2D eigenvalue weighted by Crippen LogP contribution is 2.26. The van der Waals surface area contributed by atoms with Crippen molar-refractivity contribution in [1.29, 1.82) is 0 Å². The molecule has 21 heavy (non-hydrogen) atoms. The number of rotatable bonds is 4. The molecule has 1 saturated heterocycles. The summed E-state index contributed by atoms with van der Waals surface area (Å²) in [6.45, 7) is 1.45. The molecule has 5 heteroatoms. The zero-order valence-electron chi connectivity index (χ0n) is 12.5. The lowest BCUT2D eigenvalue weighted by Crippen LogP contribution is -2.31. The van der Waals surface area contributed by atoms with Crippen molar-refractivity contribution in [2.24, 2.45) is 0 Å². The fraction of sp³-hybridized carbons (Fsp3) is 0.562. The highest BCUT2D eigenvalue weighted by Gasteiger charge is 2.23. The lowest BCUT2D eigenvalue weighted by atomic mass is 9.92. The number of nitrogens with one attached hydrogen (secondary N) is 2. The molecule has 1 heterocycles. The van der Waals surface area contributed by atoms with E-state index in [1.807, 2.05) is 12.1 Å². The molecule has 2 atom stereocenters. The van der Waals surface area contributed by atoms with E-state index in [4.69, 9.17) is 4.74 Å². The number of benzene rings is 1. The molecule has 1 aliphatic heterocycles. The molecular formula is C16H23N3O2. The van der Waals surface area contributed by atoms with Gasteiger partial charge in [0.2, 0.25) is 0 Å². The number of methoxy groups -OCH3 is 1. The molecular weight excluding hydrogens is 266 g/mol. The van der Waals surface area contributed by atoms with Crippen molar-refractivity contribution in [2.75, 3.05) is 30.4 Å². The van der Waals surface area contributed by atoms with Crippen LogP contribution in [0.1, 0.15) is 25.7 Å². The summed E-state index contributed by atoms with van der Waals surface area (Å²) < 4.78 is 5.48. The first-order valence-corrected chi connectivity index (χ1v) is 7.71. The summed E-state index contributed by atoms with van der Waals surface area (Å²) in [7, 11) is 1.79. The lowest BCUT2D eigenvalue weighted by Gasteiger charge is -2.29. The van der Waals surface area contributed by atoms with Gasteiger partial charge in [0.1, 0.15) is 0 Å². The third-order valence-electron chi connectivity index (χ3n) is 4.34. The van der Waals surface area contributed by atoms with Crippen LogP contribution >= 0.6 is 0 Å². The van der Waals surface area contributed by atoms with E-state index < -0.39 is 0 Å². The lowest BCUT2D eigenvalue weighted by molar-refractivity contribution is 0.0669. The molecule has 0 bridgehead atoms. The molecule has 1 aromatic carbocycles. The molecule has 0 spiro atoms. The Bertz CT molecular complexity index is 506. The van der Waals surface area contributed by atoms with Crippen LogP contribution in [-0.4, -0.2) is 38.4 Å². The maximum Gasteiger partial charge on any atom is 0.321 e. The molecule has 0 aromatic heterocycles. The number of hydrogen-bond acceptors (Lipinski definition) is 3. The maximum atomic E-state index is 11.7. The molecule has 2 N–H and O–H groups in total. The van der Waals surface area contributed by atoms with Gasteiger partial charge in [0.15, 0.2) is 0 Å². The summed E-state index contributed by atoms with van der Waals surface area (Å²) in [6, 6.07) is 8.54. The van der Waals surface area contributed by atoms with E-state index in [0.717, 1.165) is 30.8 Å². The fourth-order valence-corrected chi connectivity index (χ4v) is 3.21. The molecule has 5 nitrogen and oxygen atoms in total. The predicted molar refractivity (Wildman–Crippen MR) is 83.9 cm³/mol. The average molecular weight is 289 g/mol. The standard InChI is InChI=1S/C16H23N3O2/c1-21-15-7-3-5-13(11-15)18-12-4-2-6-14(10-12)19-9-8-17-16(19)20/h2,4,6,10,13,15,18H,3,5,7-9,11H2,1H3,(H,17,20). The number of amides is 2. The Balaban J connectivity index is 1.67. The van der Waals surface area contributed by atoms with Crippen molar-refractivity contribution in [3.05, 3.63) is 24.3 Å². The third-order valence-corrected chi connectivity index (χ3v) is 4.34. The van der Waals surface area contributed by atoms with Crippen molar-refractivity contribution >= 4 is 17.4 Å².